The molecule has 248 valence electrons. The Labute approximate surface area is 293 Å². The molecule has 6 aromatic rings. The molecule has 1 heteroatoms. The fourth-order valence-corrected chi connectivity index (χ4v) is 7.43. The van der Waals surface area contributed by atoms with Gasteiger partial charge in [-0.2, -0.15) is 0 Å². The highest BCUT2D eigenvalue weighted by molar-refractivity contribution is 6.10. The van der Waals surface area contributed by atoms with Gasteiger partial charge in [0.25, 0.3) is 0 Å². The van der Waals surface area contributed by atoms with E-state index in [0.29, 0.717) is 0 Å². The number of hydrogen-bond acceptors (Lipinski definition) is 0. The summed E-state index contributed by atoms with van der Waals surface area (Å²) in [6, 6.07) is 37.4. The second-order valence-electron chi connectivity index (χ2n) is 13.4. The topological polar surface area (TPSA) is 4.93 Å². The van der Waals surface area contributed by atoms with Gasteiger partial charge in [-0.05, 0) is 93.5 Å². The van der Waals surface area contributed by atoms with Gasteiger partial charge in [-0.1, -0.05) is 168 Å². The number of nitrogens with zero attached hydrogens (tertiary/aromatic N) is 1. The lowest BCUT2D eigenvalue weighted by atomic mass is 9.94. The minimum Gasteiger partial charge on any atom is -0.340 e. The predicted molar refractivity (Wildman–Crippen MR) is 217 cm³/mol. The van der Waals surface area contributed by atoms with Crippen molar-refractivity contribution in [1.82, 2.24) is 4.57 Å². The van der Waals surface area contributed by atoms with Gasteiger partial charge in [-0.25, -0.2) is 0 Å². The fourth-order valence-electron chi connectivity index (χ4n) is 7.43. The molecule has 1 aromatic heterocycles. The van der Waals surface area contributed by atoms with E-state index in [9.17, 15) is 0 Å². The van der Waals surface area contributed by atoms with Crippen LogP contribution in [0.3, 0.4) is 0 Å². The third kappa shape index (κ3) is 7.27. The average Bonchev–Trinajstić information content (AvgIpc) is 3.68. The molecule has 0 amide bonds. The summed E-state index contributed by atoms with van der Waals surface area (Å²) in [5, 5.41) is 7.91. The number of rotatable bonds is 10. The maximum atomic E-state index is 4.51. The van der Waals surface area contributed by atoms with E-state index in [-0.39, 0.29) is 0 Å². The summed E-state index contributed by atoms with van der Waals surface area (Å²) in [5.74, 6) is 0. The first-order chi connectivity index (χ1) is 24.0. The number of benzene rings is 5. The Balaban J connectivity index is 0.000000778. The Morgan fingerprint density at radius 2 is 1.37 bits per heavy atom. The van der Waals surface area contributed by atoms with Crippen LogP contribution in [0.25, 0.3) is 49.7 Å². The van der Waals surface area contributed by atoms with Crippen molar-refractivity contribution >= 4 is 49.7 Å². The Bertz CT molecular complexity index is 2200. The number of fused-ring (bicyclic) bond motifs is 1. The Hall–Kier alpha value is -4.88. The third-order valence-corrected chi connectivity index (χ3v) is 9.94. The molecule has 0 saturated heterocycles. The minimum absolute atomic E-state index is 1.02. The molecule has 0 saturated carbocycles. The summed E-state index contributed by atoms with van der Waals surface area (Å²) >= 11 is 0. The van der Waals surface area contributed by atoms with Crippen LogP contribution in [0.4, 0.5) is 0 Å². The summed E-state index contributed by atoms with van der Waals surface area (Å²) in [7, 11) is 0. The second kappa shape index (κ2) is 16.0. The van der Waals surface area contributed by atoms with Crippen LogP contribution < -0.4 is 5.35 Å². The van der Waals surface area contributed by atoms with E-state index in [1.165, 1.54) is 103 Å². The average molecular weight is 642 g/mol. The van der Waals surface area contributed by atoms with Gasteiger partial charge in [0, 0.05) is 28.2 Å². The molecule has 0 N–H and O–H groups in total. The van der Waals surface area contributed by atoms with Crippen molar-refractivity contribution in [3.63, 3.8) is 0 Å². The molecule has 0 unspecified atom stereocenters. The van der Waals surface area contributed by atoms with Gasteiger partial charge in [0.05, 0.1) is 0 Å². The lowest BCUT2D eigenvalue weighted by Gasteiger charge is -2.10. The zero-order valence-electron chi connectivity index (χ0n) is 29.9. The monoisotopic (exact) mass is 641 g/mol. The van der Waals surface area contributed by atoms with E-state index in [2.05, 4.69) is 166 Å². The van der Waals surface area contributed by atoms with Crippen molar-refractivity contribution in [2.24, 2.45) is 0 Å². The first kappa shape index (κ1) is 34.0. The molecule has 1 aliphatic rings. The molecule has 1 aliphatic carbocycles. The number of unbranched alkanes of at least 4 members (excludes halogenated alkanes) is 3. The third-order valence-electron chi connectivity index (χ3n) is 9.94. The van der Waals surface area contributed by atoms with Crippen molar-refractivity contribution in [2.45, 2.75) is 79.2 Å². The van der Waals surface area contributed by atoms with E-state index in [4.69, 9.17) is 0 Å². The summed E-state index contributed by atoms with van der Waals surface area (Å²) in [5.41, 5.74) is 10.3. The van der Waals surface area contributed by atoms with Gasteiger partial charge in [-0.15, -0.1) is 0 Å². The van der Waals surface area contributed by atoms with E-state index < -0.39 is 0 Å². The lowest BCUT2D eigenvalue weighted by molar-refractivity contribution is 0.640. The van der Waals surface area contributed by atoms with Crippen LogP contribution in [0, 0.1) is 6.92 Å². The van der Waals surface area contributed by atoms with Crippen molar-refractivity contribution in [2.75, 3.05) is 0 Å². The van der Waals surface area contributed by atoms with Crippen LogP contribution in [0.1, 0.15) is 82.4 Å². The summed E-state index contributed by atoms with van der Waals surface area (Å²) < 4.78 is 2.54. The van der Waals surface area contributed by atoms with E-state index in [0.717, 1.165) is 25.0 Å². The number of allylic oxidation sites excluding steroid dienone is 7. The Morgan fingerprint density at radius 3 is 2.08 bits per heavy atom. The van der Waals surface area contributed by atoms with Crippen molar-refractivity contribution < 1.29 is 0 Å². The largest absolute Gasteiger partial charge is 0.340 e. The molecule has 0 atom stereocenters. The van der Waals surface area contributed by atoms with Crippen LogP contribution in [-0.2, 0) is 6.54 Å². The molecule has 7 rings (SSSR count). The fraction of sp³-hybridized carbons (Fsp3) is 0.250. The maximum Gasteiger partial charge on any atom is 0.0497 e. The molecule has 5 aromatic carbocycles. The first-order valence-electron chi connectivity index (χ1n) is 18.4. The van der Waals surface area contributed by atoms with Gasteiger partial charge in [0.2, 0.25) is 0 Å². The summed E-state index contributed by atoms with van der Waals surface area (Å²) in [4.78, 5) is 0. The molecule has 1 nitrogen and oxygen atoms in total. The molecular weight excluding hydrogens is 591 g/mol. The highest BCUT2D eigenvalue weighted by Crippen LogP contribution is 2.40. The maximum absolute atomic E-state index is 4.51. The molecule has 0 aliphatic heterocycles. The van der Waals surface area contributed by atoms with Crippen LogP contribution in [0.5, 0.6) is 0 Å². The van der Waals surface area contributed by atoms with Crippen LogP contribution >= 0.6 is 0 Å². The van der Waals surface area contributed by atoms with Crippen LogP contribution in [0.2, 0.25) is 0 Å². The molecule has 0 radical (unpaired) electrons. The van der Waals surface area contributed by atoms with Crippen LogP contribution in [-0.4, -0.2) is 4.57 Å². The number of aromatic nitrogens is 1. The van der Waals surface area contributed by atoms with E-state index in [1.807, 2.05) is 0 Å². The Kier molecular flexibility index (Phi) is 11.1. The summed E-state index contributed by atoms with van der Waals surface area (Å²) in [6.07, 6.45) is 17.8. The highest BCUT2D eigenvalue weighted by atomic mass is 15.0. The summed E-state index contributed by atoms with van der Waals surface area (Å²) in [6.45, 7) is 14.4. The van der Waals surface area contributed by atoms with Crippen molar-refractivity contribution in [3.8, 4) is 0 Å². The van der Waals surface area contributed by atoms with Gasteiger partial charge < -0.3 is 4.57 Å². The normalized spacial score (nSPS) is 14.5. The molecule has 49 heavy (non-hydrogen) atoms. The number of hydrogen-bond donors (Lipinski definition) is 0. The van der Waals surface area contributed by atoms with Crippen molar-refractivity contribution in [3.05, 3.63) is 161 Å². The zero-order chi connectivity index (χ0) is 34.2. The highest BCUT2D eigenvalue weighted by Gasteiger charge is 2.20. The molecule has 0 fully saturated rings. The van der Waals surface area contributed by atoms with Gasteiger partial charge >= 0.3 is 0 Å². The standard InChI is InChI=1S/C43H39N.C5H12/c1-4-5-29-44-39(38-21-11-18-34-19-12-22-40(44)43(34)38)28-27-36-26-25-35(42(36)33-14-7-6-8-15-33)24-23-30(2)37-20-10-17-32-16-9-13-31(3)41(32)37;1-3-5-4-2/h6-24,27-28H,2,4-5,25-26,29H2,1,3H3;3-5H2,1-2H3/b24-23+,36-27+,39-28+;. The number of aryl methyl sites for hydroxylation is 2. The van der Waals surface area contributed by atoms with E-state index in [1.54, 1.807) is 0 Å². The molecule has 0 spiro atoms. The Morgan fingerprint density at radius 1 is 0.694 bits per heavy atom. The zero-order valence-corrected chi connectivity index (χ0v) is 29.9. The van der Waals surface area contributed by atoms with Crippen LogP contribution in [0.15, 0.2) is 139 Å². The smallest absolute Gasteiger partial charge is 0.0497 e. The molecular formula is C48H51N. The SMILES string of the molecule is C=C(/C=C/C1=C(c2ccccc2)C(=C/C=c2\c3cccc4cccc(c43)n2CCCC)/CC1)c1cccc2cccc(C)c12.CCCCC. The van der Waals surface area contributed by atoms with Gasteiger partial charge in [-0.3, -0.25) is 0 Å². The minimum atomic E-state index is 1.02. The van der Waals surface area contributed by atoms with Gasteiger partial charge in [0.1, 0.15) is 0 Å². The first-order valence-corrected chi connectivity index (χ1v) is 18.4. The quantitative estimate of drug-likeness (QED) is 0.131. The second-order valence-corrected chi connectivity index (χ2v) is 13.4. The van der Waals surface area contributed by atoms with Crippen molar-refractivity contribution in [1.29, 1.82) is 0 Å². The molecule has 0 bridgehead atoms. The van der Waals surface area contributed by atoms with Gasteiger partial charge in [0.15, 0.2) is 0 Å². The molecule has 1 heterocycles. The van der Waals surface area contributed by atoms with E-state index >= 15 is 0 Å². The lowest BCUT2D eigenvalue weighted by Crippen LogP contribution is -2.16. The predicted octanol–water partition coefficient (Wildman–Crippen LogP) is 13.2.